The zero-order chi connectivity index (χ0) is 14.5. The first kappa shape index (κ1) is 13.7. The Morgan fingerprint density at radius 3 is 2.85 bits per heavy atom. The highest BCUT2D eigenvalue weighted by Crippen LogP contribution is 2.12. The van der Waals surface area contributed by atoms with Gasteiger partial charge in [-0.15, -0.1) is 0 Å². The summed E-state index contributed by atoms with van der Waals surface area (Å²) in [4.78, 5) is 25.0. The minimum Gasteiger partial charge on any atom is -0.465 e. The zero-order valence-corrected chi connectivity index (χ0v) is 10.7. The Hall–Kier alpha value is -2.77. The highest BCUT2D eigenvalue weighted by molar-refractivity contribution is 5.90. The molecule has 0 saturated carbocycles. The molecular formula is C12H12N4O4. The van der Waals surface area contributed by atoms with Crippen molar-refractivity contribution >= 4 is 11.9 Å². The fraction of sp³-hybridized carbons (Fsp3) is 0.250. The van der Waals surface area contributed by atoms with Crippen molar-refractivity contribution < 1.29 is 14.5 Å². The van der Waals surface area contributed by atoms with E-state index in [-0.39, 0.29) is 0 Å². The maximum absolute atomic E-state index is 11.6. The van der Waals surface area contributed by atoms with E-state index in [2.05, 4.69) is 10.1 Å². The van der Waals surface area contributed by atoms with Crippen molar-refractivity contribution in [2.45, 2.75) is 13.0 Å². The average Bonchev–Trinajstić information content (AvgIpc) is 2.93. The molecule has 104 valence electrons. The van der Waals surface area contributed by atoms with E-state index in [4.69, 9.17) is 4.74 Å². The molecule has 0 aliphatic rings. The van der Waals surface area contributed by atoms with Gasteiger partial charge in [-0.3, -0.25) is 0 Å². The van der Waals surface area contributed by atoms with Gasteiger partial charge < -0.3 is 14.9 Å². The number of nitro groups is 1. The molecule has 0 N–H and O–H groups in total. The van der Waals surface area contributed by atoms with Crippen LogP contribution in [0.4, 0.5) is 5.95 Å². The summed E-state index contributed by atoms with van der Waals surface area (Å²) in [5.74, 6) is -0.851. The molecule has 20 heavy (non-hydrogen) atoms. The van der Waals surface area contributed by atoms with E-state index in [0.717, 1.165) is 5.56 Å². The molecule has 0 fully saturated rings. The molecule has 0 aliphatic carbocycles. The number of rotatable bonds is 5. The zero-order valence-electron chi connectivity index (χ0n) is 10.7. The number of carbonyl (C=O) groups is 1. The molecule has 0 saturated heterocycles. The average molecular weight is 276 g/mol. The fourth-order valence-corrected chi connectivity index (χ4v) is 1.76. The van der Waals surface area contributed by atoms with Gasteiger partial charge in [0.15, 0.2) is 0 Å². The van der Waals surface area contributed by atoms with E-state index in [9.17, 15) is 14.9 Å². The van der Waals surface area contributed by atoms with Gasteiger partial charge >= 0.3 is 11.9 Å². The predicted octanol–water partition coefficient (Wildman–Crippen LogP) is 1.22. The van der Waals surface area contributed by atoms with Gasteiger partial charge in [0.05, 0.1) is 19.2 Å². The van der Waals surface area contributed by atoms with Crippen molar-refractivity contribution in [1.29, 1.82) is 0 Å². The number of aromatic nitrogens is 3. The van der Waals surface area contributed by atoms with Gasteiger partial charge in [-0.05, 0) is 23.0 Å². The largest absolute Gasteiger partial charge is 0.490 e. The van der Waals surface area contributed by atoms with Gasteiger partial charge in [0.25, 0.3) is 0 Å². The summed E-state index contributed by atoms with van der Waals surface area (Å²) in [5.41, 5.74) is 1.27. The third-order valence-electron chi connectivity index (χ3n) is 2.72. The van der Waals surface area contributed by atoms with E-state index >= 15 is 0 Å². The lowest BCUT2D eigenvalue weighted by molar-refractivity contribution is -0.394. The second kappa shape index (κ2) is 5.91. The number of carbonyl (C=O) groups excluding carboxylic acids is 1. The Labute approximate surface area is 114 Å². The van der Waals surface area contributed by atoms with Crippen molar-refractivity contribution in [1.82, 2.24) is 14.8 Å². The lowest BCUT2D eigenvalue weighted by Crippen LogP contribution is -2.09. The van der Waals surface area contributed by atoms with Crippen LogP contribution in [0.1, 0.15) is 15.9 Å². The lowest BCUT2D eigenvalue weighted by Gasteiger charge is -2.06. The van der Waals surface area contributed by atoms with Crippen LogP contribution in [0.25, 0.3) is 0 Å². The number of hydrogen-bond donors (Lipinski definition) is 0. The van der Waals surface area contributed by atoms with Crippen molar-refractivity contribution in [3.05, 3.63) is 51.8 Å². The Bertz CT molecular complexity index is 638. The van der Waals surface area contributed by atoms with Crippen molar-refractivity contribution in [3.63, 3.8) is 0 Å². The van der Waals surface area contributed by atoms with E-state index in [1.807, 2.05) is 6.07 Å². The van der Waals surface area contributed by atoms with E-state index in [0.29, 0.717) is 18.5 Å². The molecule has 1 aromatic heterocycles. The van der Waals surface area contributed by atoms with E-state index in [1.165, 1.54) is 18.1 Å². The molecule has 0 amide bonds. The molecule has 1 heterocycles. The second-order valence-electron chi connectivity index (χ2n) is 3.96. The number of esters is 1. The van der Waals surface area contributed by atoms with Gasteiger partial charge in [0, 0.05) is 5.10 Å². The fourth-order valence-electron chi connectivity index (χ4n) is 1.76. The topological polar surface area (TPSA) is 100 Å². The van der Waals surface area contributed by atoms with Gasteiger partial charge in [0.1, 0.15) is 0 Å². The molecule has 8 nitrogen and oxygen atoms in total. The third-order valence-corrected chi connectivity index (χ3v) is 2.72. The standard InChI is InChI=1S/C12H12N4O4/c1-20-11(17)10-5-3-2-4-9(10)6-7-15-8-13-12(14-15)16(18)19/h2-5,8H,6-7H2,1H3. The molecule has 0 atom stereocenters. The maximum atomic E-state index is 11.6. The smallest absolute Gasteiger partial charge is 0.465 e. The summed E-state index contributed by atoms with van der Waals surface area (Å²) < 4.78 is 6.07. The van der Waals surface area contributed by atoms with Crippen LogP contribution in [-0.4, -0.2) is 32.8 Å². The normalized spacial score (nSPS) is 10.2. The van der Waals surface area contributed by atoms with Crippen molar-refractivity contribution in [2.24, 2.45) is 0 Å². The lowest BCUT2D eigenvalue weighted by atomic mass is 10.0. The van der Waals surface area contributed by atoms with Gasteiger partial charge in [-0.25, -0.2) is 4.79 Å². The first-order valence-corrected chi connectivity index (χ1v) is 5.82. The molecule has 1 aromatic carbocycles. The molecule has 0 unspecified atom stereocenters. The number of benzene rings is 1. The van der Waals surface area contributed by atoms with Crippen LogP contribution in [-0.2, 0) is 17.7 Å². The Balaban J connectivity index is 2.10. The van der Waals surface area contributed by atoms with E-state index in [1.54, 1.807) is 18.2 Å². The SMILES string of the molecule is COC(=O)c1ccccc1CCn1cnc([N+](=O)[O-])n1. The number of aryl methyl sites for hydroxylation is 2. The summed E-state index contributed by atoms with van der Waals surface area (Å²) in [5, 5.41) is 14.2. The number of nitrogens with zero attached hydrogens (tertiary/aromatic N) is 4. The highest BCUT2D eigenvalue weighted by Gasteiger charge is 2.14. The predicted molar refractivity (Wildman–Crippen MR) is 68.2 cm³/mol. The number of hydrogen-bond acceptors (Lipinski definition) is 6. The Morgan fingerprint density at radius 1 is 1.45 bits per heavy atom. The quantitative estimate of drug-likeness (QED) is 0.462. The van der Waals surface area contributed by atoms with E-state index < -0.39 is 16.8 Å². The van der Waals surface area contributed by atoms with Gasteiger partial charge in [0.2, 0.25) is 6.33 Å². The molecule has 0 spiro atoms. The highest BCUT2D eigenvalue weighted by atomic mass is 16.6. The first-order chi connectivity index (χ1) is 9.61. The Kier molecular flexibility index (Phi) is 4.04. The minimum atomic E-state index is -0.654. The van der Waals surface area contributed by atoms with Crippen LogP contribution in [0.5, 0.6) is 0 Å². The summed E-state index contributed by atoms with van der Waals surface area (Å²) in [7, 11) is 1.32. The summed E-state index contributed by atoms with van der Waals surface area (Å²) in [6.45, 7) is 0.384. The molecule has 2 rings (SSSR count). The summed E-state index contributed by atoms with van der Waals surface area (Å²) in [6, 6.07) is 7.03. The molecule has 8 heteroatoms. The van der Waals surface area contributed by atoms with Gasteiger partial charge in [-0.2, -0.15) is 4.68 Å². The monoisotopic (exact) mass is 276 g/mol. The maximum Gasteiger partial charge on any atom is 0.490 e. The van der Waals surface area contributed by atoms with Crippen LogP contribution in [0.3, 0.4) is 0 Å². The minimum absolute atomic E-state index is 0.384. The molecule has 0 radical (unpaired) electrons. The number of ether oxygens (including phenoxy) is 1. The first-order valence-electron chi connectivity index (χ1n) is 5.82. The van der Waals surface area contributed by atoms with Gasteiger partial charge in [-0.1, -0.05) is 23.2 Å². The molecular weight excluding hydrogens is 264 g/mol. The number of methoxy groups -OCH3 is 1. The molecule has 0 bridgehead atoms. The van der Waals surface area contributed by atoms with Crippen LogP contribution in [0.2, 0.25) is 0 Å². The summed E-state index contributed by atoms with van der Waals surface area (Å²) >= 11 is 0. The van der Waals surface area contributed by atoms with Crippen LogP contribution < -0.4 is 0 Å². The van der Waals surface area contributed by atoms with Crippen LogP contribution >= 0.6 is 0 Å². The molecule has 2 aromatic rings. The summed E-state index contributed by atoms with van der Waals surface area (Å²) in [6.07, 6.45) is 1.78. The molecule has 0 aliphatic heterocycles. The van der Waals surface area contributed by atoms with Crippen LogP contribution in [0, 0.1) is 10.1 Å². The van der Waals surface area contributed by atoms with Crippen LogP contribution in [0.15, 0.2) is 30.6 Å². The second-order valence-corrected chi connectivity index (χ2v) is 3.96. The third kappa shape index (κ3) is 2.97. The van der Waals surface area contributed by atoms with Crippen molar-refractivity contribution in [3.8, 4) is 0 Å². The van der Waals surface area contributed by atoms with Crippen molar-refractivity contribution in [2.75, 3.05) is 7.11 Å². The Morgan fingerprint density at radius 2 is 2.20 bits per heavy atom.